The minimum atomic E-state index is 0.540. The molecule has 0 fully saturated rings. The molecule has 3 nitrogen and oxygen atoms in total. The van der Waals surface area contributed by atoms with Crippen molar-refractivity contribution in [2.45, 2.75) is 46.1 Å². The third-order valence-corrected chi connectivity index (χ3v) is 2.48. The largest absolute Gasteiger partial charge is 0.355 e. The lowest BCUT2D eigenvalue weighted by molar-refractivity contribution is 0.493. The highest BCUT2D eigenvalue weighted by Gasteiger charge is 2.08. The molecular weight excluding hydrogens is 174 g/mol. The number of aliphatic imine (C=N–C) groups is 1. The summed E-state index contributed by atoms with van der Waals surface area (Å²) in [4.78, 5) is 4.31. The second-order valence-corrected chi connectivity index (χ2v) is 4.53. The molecule has 14 heavy (non-hydrogen) atoms. The molecule has 1 aliphatic heterocycles. The highest BCUT2D eigenvalue weighted by Crippen LogP contribution is 2.08. The maximum absolute atomic E-state index is 4.31. The van der Waals surface area contributed by atoms with E-state index in [0.29, 0.717) is 6.04 Å². The fourth-order valence-electron chi connectivity index (χ4n) is 1.63. The molecule has 1 atom stereocenters. The zero-order valence-corrected chi connectivity index (χ0v) is 9.64. The molecule has 0 saturated heterocycles. The van der Waals surface area contributed by atoms with Crippen LogP contribution in [0, 0.1) is 5.92 Å². The minimum absolute atomic E-state index is 0.540. The van der Waals surface area contributed by atoms with Gasteiger partial charge in [0.05, 0.1) is 6.54 Å². The molecule has 1 unspecified atom stereocenters. The summed E-state index contributed by atoms with van der Waals surface area (Å²) in [6, 6.07) is 0.540. The lowest BCUT2D eigenvalue weighted by Crippen LogP contribution is -2.39. The Balaban J connectivity index is 2.06. The van der Waals surface area contributed by atoms with Crippen molar-refractivity contribution in [3.8, 4) is 0 Å². The molecule has 0 amide bonds. The maximum Gasteiger partial charge on any atom is 0.191 e. The second-order valence-electron chi connectivity index (χ2n) is 4.53. The van der Waals surface area contributed by atoms with E-state index in [0.717, 1.165) is 25.0 Å². The molecule has 0 spiro atoms. The number of nitrogens with zero attached hydrogens (tertiary/aromatic N) is 1. The van der Waals surface area contributed by atoms with Crippen LogP contribution in [0.2, 0.25) is 0 Å². The molecule has 1 heterocycles. The Morgan fingerprint density at radius 1 is 1.36 bits per heavy atom. The highest BCUT2D eigenvalue weighted by atomic mass is 15.2. The smallest absolute Gasteiger partial charge is 0.191 e. The number of nitrogens with one attached hydrogen (secondary N) is 2. The summed E-state index contributed by atoms with van der Waals surface area (Å²) in [5, 5.41) is 6.62. The molecule has 1 aliphatic rings. The van der Waals surface area contributed by atoms with Crippen LogP contribution in [0.15, 0.2) is 4.99 Å². The fourth-order valence-corrected chi connectivity index (χ4v) is 1.63. The molecule has 0 bridgehead atoms. The first-order chi connectivity index (χ1) is 6.68. The van der Waals surface area contributed by atoms with E-state index in [4.69, 9.17) is 0 Å². The van der Waals surface area contributed by atoms with Gasteiger partial charge in [-0.3, -0.25) is 4.99 Å². The summed E-state index contributed by atoms with van der Waals surface area (Å²) in [6.45, 7) is 8.69. The summed E-state index contributed by atoms with van der Waals surface area (Å²) < 4.78 is 0. The average molecular weight is 197 g/mol. The van der Waals surface area contributed by atoms with Gasteiger partial charge in [0.25, 0.3) is 0 Å². The van der Waals surface area contributed by atoms with E-state index in [9.17, 15) is 0 Å². The Hall–Kier alpha value is -0.730. The molecule has 82 valence electrons. The van der Waals surface area contributed by atoms with Crippen molar-refractivity contribution in [3.05, 3.63) is 0 Å². The van der Waals surface area contributed by atoms with E-state index in [1.807, 2.05) is 0 Å². The summed E-state index contributed by atoms with van der Waals surface area (Å²) in [5.74, 6) is 1.81. The zero-order chi connectivity index (χ0) is 10.4. The summed E-state index contributed by atoms with van der Waals surface area (Å²) in [6.07, 6.45) is 3.86. The van der Waals surface area contributed by atoms with Crippen LogP contribution < -0.4 is 10.6 Å². The molecule has 3 heteroatoms. The van der Waals surface area contributed by atoms with Gasteiger partial charge in [-0.25, -0.2) is 0 Å². The SMILES string of the molecule is CC(C)CCCC(C)NC1=NCCN1. The normalized spacial score (nSPS) is 17.9. The van der Waals surface area contributed by atoms with E-state index in [1.165, 1.54) is 19.3 Å². The van der Waals surface area contributed by atoms with Gasteiger partial charge in [0, 0.05) is 12.6 Å². The summed E-state index contributed by atoms with van der Waals surface area (Å²) in [5.41, 5.74) is 0. The van der Waals surface area contributed by atoms with Crippen molar-refractivity contribution in [2.75, 3.05) is 13.1 Å². The Kier molecular flexibility index (Phi) is 4.77. The van der Waals surface area contributed by atoms with E-state index >= 15 is 0 Å². The Bertz CT molecular complexity index is 187. The van der Waals surface area contributed by atoms with E-state index in [2.05, 4.69) is 36.4 Å². The molecule has 0 radical (unpaired) electrons. The van der Waals surface area contributed by atoms with Crippen LogP contribution in [0.5, 0.6) is 0 Å². The summed E-state index contributed by atoms with van der Waals surface area (Å²) in [7, 11) is 0. The third-order valence-electron chi connectivity index (χ3n) is 2.48. The predicted octanol–water partition coefficient (Wildman–Crippen LogP) is 1.75. The molecule has 0 aliphatic carbocycles. The van der Waals surface area contributed by atoms with E-state index < -0.39 is 0 Å². The predicted molar refractivity (Wildman–Crippen MR) is 61.6 cm³/mol. The van der Waals surface area contributed by atoms with Gasteiger partial charge in [0.2, 0.25) is 0 Å². The van der Waals surface area contributed by atoms with Gasteiger partial charge >= 0.3 is 0 Å². The number of hydrogen-bond acceptors (Lipinski definition) is 3. The molecule has 0 saturated carbocycles. The van der Waals surface area contributed by atoms with Crippen LogP contribution in [-0.4, -0.2) is 25.1 Å². The van der Waals surface area contributed by atoms with E-state index in [1.54, 1.807) is 0 Å². The first-order valence-corrected chi connectivity index (χ1v) is 5.73. The topological polar surface area (TPSA) is 36.4 Å². The van der Waals surface area contributed by atoms with Gasteiger partial charge in [-0.1, -0.05) is 26.7 Å². The first-order valence-electron chi connectivity index (χ1n) is 5.73. The van der Waals surface area contributed by atoms with Crippen LogP contribution in [0.4, 0.5) is 0 Å². The number of rotatable bonds is 5. The van der Waals surface area contributed by atoms with Gasteiger partial charge in [0.1, 0.15) is 0 Å². The maximum atomic E-state index is 4.31. The van der Waals surface area contributed by atoms with Crippen LogP contribution in [0.3, 0.4) is 0 Å². The molecule has 0 aromatic heterocycles. The Morgan fingerprint density at radius 3 is 2.71 bits per heavy atom. The highest BCUT2D eigenvalue weighted by molar-refractivity contribution is 5.81. The van der Waals surface area contributed by atoms with Crippen molar-refractivity contribution in [2.24, 2.45) is 10.9 Å². The molecule has 1 rings (SSSR count). The lowest BCUT2D eigenvalue weighted by Gasteiger charge is -2.15. The van der Waals surface area contributed by atoms with Gasteiger partial charge in [0.15, 0.2) is 5.96 Å². The van der Waals surface area contributed by atoms with Crippen LogP contribution >= 0.6 is 0 Å². The number of guanidine groups is 1. The molecule has 2 N–H and O–H groups in total. The minimum Gasteiger partial charge on any atom is -0.355 e. The van der Waals surface area contributed by atoms with Crippen molar-refractivity contribution in [1.29, 1.82) is 0 Å². The van der Waals surface area contributed by atoms with Crippen LogP contribution in [0.1, 0.15) is 40.0 Å². The monoisotopic (exact) mass is 197 g/mol. The van der Waals surface area contributed by atoms with Crippen molar-refractivity contribution in [1.82, 2.24) is 10.6 Å². The van der Waals surface area contributed by atoms with Crippen molar-refractivity contribution < 1.29 is 0 Å². The Labute approximate surface area is 87.4 Å². The molecular formula is C11H23N3. The fraction of sp³-hybridized carbons (Fsp3) is 0.909. The number of hydrogen-bond donors (Lipinski definition) is 2. The molecule has 0 aromatic carbocycles. The average Bonchev–Trinajstić information content (AvgIpc) is 2.56. The van der Waals surface area contributed by atoms with E-state index in [-0.39, 0.29) is 0 Å². The Morgan fingerprint density at radius 2 is 2.14 bits per heavy atom. The van der Waals surface area contributed by atoms with Gasteiger partial charge in [-0.05, 0) is 19.3 Å². The van der Waals surface area contributed by atoms with Crippen molar-refractivity contribution >= 4 is 5.96 Å². The zero-order valence-electron chi connectivity index (χ0n) is 9.64. The summed E-state index contributed by atoms with van der Waals surface area (Å²) >= 11 is 0. The standard InChI is InChI=1S/C11H23N3/c1-9(2)5-4-6-10(3)14-11-12-7-8-13-11/h9-10H,4-8H2,1-3H3,(H2,12,13,14). The lowest BCUT2D eigenvalue weighted by atomic mass is 10.0. The van der Waals surface area contributed by atoms with Gasteiger partial charge < -0.3 is 10.6 Å². The van der Waals surface area contributed by atoms with Crippen LogP contribution in [-0.2, 0) is 0 Å². The quantitative estimate of drug-likeness (QED) is 0.704. The van der Waals surface area contributed by atoms with Crippen LogP contribution in [0.25, 0.3) is 0 Å². The first kappa shape index (κ1) is 11.3. The molecule has 0 aromatic rings. The van der Waals surface area contributed by atoms with Crippen molar-refractivity contribution in [3.63, 3.8) is 0 Å². The van der Waals surface area contributed by atoms with Gasteiger partial charge in [-0.15, -0.1) is 0 Å². The second kappa shape index (κ2) is 5.89. The van der Waals surface area contributed by atoms with Gasteiger partial charge in [-0.2, -0.15) is 0 Å². The third kappa shape index (κ3) is 4.49.